The Balaban J connectivity index is 0.00000140. The molecule has 0 spiro atoms. The predicted molar refractivity (Wildman–Crippen MR) is 120 cm³/mol. The van der Waals surface area contributed by atoms with Crippen LogP contribution in [0.3, 0.4) is 0 Å². The second-order valence-electron chi connectivity index (χ2n) is 6.64. The van der Waals surface area contributed by atoms with E-state index >= 15 is 0 Å². The van der Waals surface area contributed by atoms with E-state index in [9.17, 15) is 0 Å². The van der Waals surface area contributed by atoms with Gasteiger partial charge in [-0.1, -0.05) is 23.9 Å². The van der Waals surface area contributed by atoms with E-state index in [-0.39, 0.29) is 31.4 Å². The largest absolute Gasteiger partial charge is 0.492 e. The van der Waals surface area contributed by atoms with Crippen LogP contribution in [0.2, 0.25) is 0 Å². The first-order chi connectivity index (χ1) is 12.8. The Morgan fingerprint density at radius 1 is 0.893 bits per heavy atom. The lowest BCUT2D eigenvalue weighted by molar-refractivity contribution is 0.102. The maximum atomic E-state index is 9.01. The van der Waals surface area contributed by atoms with Gasteiger partial charge in [0.05, 0.1) is 18.0 Å². The number of halogens is 2. The van der Waals surface area contributed by atoms with Gasteiger partial charge in [0, 0.05) is 55.1 Å². The van der Waals surface area contributed by atoms with E-state index < -0.39 is 0 Å². The molecule has 2 heterocycles. The molecule has 2 N–H and O–H groups in total. The maximum Gasteiger partial charge on any atom is 0.121 e. The van der Waals surface area contributed by atoms with Crippen LogP contribution in [-0.4, -0.2) is 67.4 Å². The Hall–Kier alpha value is -1.15. The molecule has 0 aliphatic carbocycles. The fourth-order valence-corrected chi connectivity index (χ4v) is 4.35. The van der Waals surface area contributed by atoms with Gasteiger partial charge in [-0.25, -0.2) is 0 Å². The Morgan fingerprint density at radius 3 is 2.32 bits per heavy atom. The highest BCUT2D eigenvalue weighted by Crippen LogP contribution is 2.44. The molecule has 28 heavy (non-hydrogen) atoms. The molecule has 0 unspecified atom stereocenters. The fourth-order valence-electron chi connectivity index (χ4n) is 3.38. The van der Waals surface area contributed by atoms with Crippen molar-refractivity contribution in [2.75, 3.05) is 57.8 Å². The summed E-state index contributed by atoms with van der Waals surface area (Å²) < 4.78 is 5.99. The molecule has 0 aromatic heterocycles. The van der Waals surface area contributed by atoms with Crippen LogP contribution in [-0.2, 0) is 0 Å². The molecule has 154 valence electrons. The molecule has 8 heteroatoms. The third-order valence-corrected chi connectivity index (χ3v) is 6.04. The van der Waals surface area contributed by atoms with E-state index in [0.29, 0.717) is 6.61 Å². The van der Waals surface area contributed by atoms with Gasteiger partial charge in [-0.15, -0.1) is 24.8 Å². The van der Waals surface area contributed by atoms with Crippen LogP contribution in [0.4, 0.5) is 11.4 Å². The van der Waals surface area contributed by atoms with Crippen molar-refractivity contribution in [2.24, 2.45) is 0 Å². The zero-order chi connectivity index (χ0) is 17.8. The molecule has 5 nitrogen and oxygen atoms in total. The number of aliphatic hydroxyl groups excluding tert-OH is 1. The summed E-state index contributed by atoms with van der Waals surface area (Å²) in [6.45, 7) is 6.81. The molecular formula is C20H27Cl2N3O2S. The number of anilines is 2. The Bertz CT molecular complexity index is 758. The first-order valence-corrected chi connectivity index (χ1v) is 10.00. The van der Waals surface area contributed by atoms with E-state index in [1.807, 2.05) is 0 Å². The number of β-amino-alcohol motifs (C(OH)–C–C–N with tert-alkyl or cyclic N) is 1. The maximum absolute atomic E-state index is 9.01. The van der Waals surface area contributed by atoms with E-state index in [1.165, 1.54) is 9.79 Å². The van der Waals surface area contributed by atoms with Gasteiger partial charge in [0.25, 0.3) is 0 Å². The number of benzene rings is 2. The summed E-state index contributed by atoms with van der Waals surface area (Å²) >= 11 is 1.79. The van der Waals surface area contributed by atoms with E-state index in [1.54, 1.807) is 11.8 Å². The van der Waals surface area contributed by atoms with E-state index in [0.717, 1.165) is 56.4 Å². The average molecular weight is 444 g/mol. The quantitative estimate of drug-likeness (QED) is 0.605. The molecule has 0 radical (unpaired) electrons. The zero-order valence-corrected chi connectivity index (χ0v) is 18.1. The summed E-state index contributed by atoms with van der Waals surface area (Å²) in [4.78, 5) is 7.23. The van der Waals surface area contributed by atoms with Crippen molar-refractivity contribution >= 4 is 48.0 Å². The van der Waals surface area contributed by atoms with Crippen LogP contribution in [0.25, 0.3) is 0 Å². The minimum Gasteiger partial charge on any atom is -0.492 e. The van der Waals surface area contributed by atoms with E-state index in [4.69, 9.17) is 9.84 Å². The van der Waals surface area contributed by atoms with Crippen molar-refractivity contribution in [3.05, 3.63) is 42.5 Å². The van der Waals surface area contributed by atoms with Crippen LogP contribution in [0.15, 0.2) is 52.3 Å². The van der Waals surface area contributed by atoms with Gasteiger partial charge in [-0.3, -0.25) is 9.80 Å². The van der Waals surface area contributed by atoms with E-state index in [2.05, 4.69) is 57.6 Å². The number of piperazine rings is 1. The first-order valence-electron chi connectivity index (χ1n) is 9.18. The molecule has 0 bridgehead atoms. The zero-order valence-electron chi connectivity index (χ0n) is 15.7. The van der Waals surface area contributed by atoms with Gasteiger partial charge in [0.15, 0.2) is 0 Å². The van der Waals surface area contributed by atoms with Crippen LogP contribution in [0, 0.1) is 0 Å². The number of aliphatic hydroxyl groups is 1. The summed E-state index contributed by atoms with van der Waals surface area (Å²) in [6.07, 6.45) is 0. The lowest BCUT2D eigenvalue weighted by Gasteiger charge is -2.34. The van der Waals surface area contributed by atoms with Crippen LogP contribution in [0.1, 0.15) is 0 Å². The van der Waals surface area contributed by atoms with Gasteiger partial charge >= 0.3 is 0 Å². The minimum absolute atomic E-state index is 0. The molecule has 0 amide bonds. The molecule has 2 aromatic carbocycles. The molecule has 0 atom stereocenters. The van der Waals surface area contributed by atoms with Crippen molar-refractivity contribution in [1.29, 1.82) is 0 Å². The minimum atomic E-state index is 0. The highest BCUT2D eigenvalue weighted by Gasteiger charge is 2.17. The van der Waals surface area contributed by atoms with Crippen molar-refractivity contribution in [3.63, 3.8) is 0 Å². The third kappa shape index (κ3) is 5.69. The second-order valence-corrected chi connectivity index (χ2v) is 7.72. The van der Waals surface area contributed by atoms with Gasteiger partial charge < -0.3 is 15.2 Å². The van der Waals surface area contributed by atoms with Crippen LogP contribution < -0.4 is 10.1 Å². The van der Waals surface area contributed by atoms with Crippen molar-refractivity contribution in [1.82, 2.24) is 9.80 Å². The number of fused-ring (bicyclic) bond motifs is 2. The average Bonchev–Trinajstić information content (AvgIpc) is 2.68. The highest BCUT2D eigenvalue weighted by atomic mass is 35.5. The molecule has 2 aromatic rings. The van der Waals surface area contributed by atoms with Crippen molar-refractivity contribution in [2.45, 2.75) is 9.79 Å². The number of hydrogen-bond acceptors (Lipinski definition) is 6. The standard InChI is InChI=1S/C20H25N3O2S.2ClH/c24-13-11-22-7-9-23(10-8-22)12-14-25-16-5-6-20-18(15-16)21-17-3-1-2-4-19(17)26-20;;/h1-6,15,21,24H,7-14H2;2*1H. The van der Waals surface area contributed by atoms with Gasteiger partial charge in [0.2, 0.25) is 0 Å². The Labute approximate surface area is 183 Å². The summed E-state index contributed by atoms with van der Waals surface area (Å²) in [5, 5.41) is 12.5. The number of nitrogens with zero attached hydrogens (tertiary/aromatic N) is 2. The molecular weight excluding hydrogens is 417 g/mol. The number of hydrogen-bond donors (Lipinski definition) is 2. The number of nitrogens with one attached hydrogen (secondary N) is 1. The predicted octanol–water partition coefficient (Wildman–Crippen LogP) is 3.73. The van der Waals surface area contributed by atoms with Crippen molar-refractivity contribution in [3.8, 4) is 5.75 Å². The van der Waals surface area contributed by atoms with Crippen molar-refractivity contribution < 1.29 is 9.84 Å². The summed E-state index contributed by atoms with van der Waals surface area (Å²) in [7, 11) is 0. The molecule has 1 fully saturated rings. The summed E-state index contributed by atoms with van der Waals surface area (Å²) in [5.74, 6) is 0.912. The molecule has 1 saturated heterocycles. The summed E-state index contributed by atoms with van der Waals surface area (Å²) in [6, 6.07) is 14.7. The van der Waals surface area contributed by atoms with Crippen LogP contribution >= 0.6 is 36.6 Å². The number of para-hydroxylation sites is 1. The number of ether oxygens (including phenoxy) is 1. The summed E-state index contributed by atoms with van der Waals surface area (Å²) in [5.41, 5.74) is 2.27. The third-order valence-electron chi connectivity index (χ3n) is 4.88. The number of rotatable bonds is 6. The Kier molecular flexibility index (Phi) is 9.21. The second kappa shape index (κ2) is 11.1. The van der Waals surface area contributed by atoms with Gasteiger partial charge in [-0.05, 0) is 24.3 Å². The molecule has 2 aliphatic rings. The fraction of sp³-hybridized carbons (Fsp3) is 0.400. The lowest BCUT2D eigenvalue weighted by atomic mass is 10.2. The topological polar surface area (TPSA) is 48.0 Å². The molecule has 2 aliphatic heterocycles. The SMILES string of the molecule is Cl.Cl.OCCN1CCN(CCOc2ccc3c(c2)Nc2ccccc2S3)CC1. The highest BCUT2D eigenvalue weighted by molar-refractivity contribution is 7.99. The van der Waals surface area contributed by atoms with Crippen LogP contribution in [0.5, 0.6) is 5.75 Å². The van der Waals surface area contributed by atoms with Gasteiger partial charge in [-0.2, -0.15) is 0 Å². The lowest BCUT2D eigenvalue weighted by Crippen LogP contribution is -2.48. The monoisotopic (exact) mass is 443 g/mol. The first kappa shape index (κ1) is 23.1. The molecule has 0 saturated carbocycles. The van der Waals surface area contributed by atoms with Gasteiger partial charge in [0.1, 0.15) is 12.4 Å². The Morgan fingerprint density at radius 2 is 1.57 bits per heavy atom. The smallest absolute Gasteiger partial charge is 0.121 e. The molecule has 4 rings (SSSR count). The normalized spacial score (nSPS) is 16.0.